The first-order chi connectivity index (χ1) is 16.5. The molecule has 0 aromatic heterocycles. The number of rotatable bonds is 5. The number of hydrogen-bond donors (Lipinski definition) is 1. The molecule has 4 rings (SSSR count). The lowest BCUT2D eigenvalue weighted by molar-refractivity contribution is -0.127. The van der Waals surface area contributed by atoms with Gasteiger partial charge in [-0.1, -0.05) is 18.2 Å². The number of allylic oxidation sites excluding steroid dienone is 1. The lowest BCUT2D eigenvalue weighted by Gasteiger charge is -2.42. The molecule has 6 nitrogen and oxygen atoms in total. The van der Waals surface area contributed by atoms with Gasteiger partial charge in [-0.05, 0) is 87.9 Å². The number of nitrogens with one attached hydrogen (secondary N) is 1. The van der Waals surface area contributed by atoms with E-state index in [9.17, 15) is 14.4 Å². The number of halogens is 1. The second-order valence-corrected chi connectivity index (χ2v) is 10.3. The van der Waals surface area contributed by atoms with Gasteiger partial charge in [0, 0.05) is 29.0 Å². The Morgan fingerprint density at radius 1 is 1.17 bits per heavy atom. The molecule has 0 saturated carbocycles. The van der Waals surface area contributed by atoms with E-state index >= 15 is 4.39 Å². The van der Waals surface area contributed by atoms with Crippen molar-refractivity contribution in [1.29, 1.82) is 0 Å². The SMILES string of the molecule is CCN1c2cc(F)c(/C=C3/SC(=O)N(CC(=O)Nc4cccc(C)c4)C3=O)cc2C(C)=CC1(C)C. The highest BCUT2D eigenvalue weighted by Crippen LogP contribution is 2.41. The first kappa shape index (κ1) is 24.7. The molecule has 0 spiro atoms. The number of carbonyl (C=O) groups excluding carboxylic acids is 3. The smallest absolute Gasteiger partial charge is 0.294 e. The summed E-state index contributed by atoms with van der Waals surface area (Å²) < 4.78 is 15.2. The first-order valence-corrected chi connectivity index (χ1v) is 12.2. The number of imide groups is 1. The van der Waals surface area contributed by atoms with E-state index in [0.29, 0.717) is 24.0 Å². The number of hydrogen-bond acceptors (Lipinski definition) is 5. The average molecular weight is 494 g/mol. The molecule has 3 amide bonds. The van der Waals surface area contributed by atoms with Crippen molar-refractivity contribution in [2.75, 3.05) is 23.3 Å². The summed E-state index contributed by atoms with van der Waals surface area (Å²) in [6, 6.07) is 10.4. The predicted octanol–water partition coefficient (Wildman–Crippen LogP) is 5.83. The second kappa shape index (κ2) is 9.34. The minimum atomic E-state index is -0.611. The number of anilines is 2. The van der Waals surface area contributed by atoms with Crippen LogP contribution in [0.5, 0.6) is 0 Å². The maximum absolute atomic E-state index is 15.2. The molecule has 182 valence electrons. The van der Waals surface area contributed by atoms with Crippen LogP contribution in [0.15, 0.2) is 47.4 Å². The summed E-state index contributed by atoms with van der Waals surface area (Å²) in [5.41, 5.74) is 4.23. The van der Waals surface area contributed by atoms with Gasteiger partial charge in [-0.3, -0.25) is 19.3 Å². The third-order valence-corrected chi connectivity index (χ3v) is 7.08. The molecular formula is C27H28FN3O3S. The lowest BCUT2D eigenvalue weighted by atomic mass is 9.88. The predicted molar refractivity (Wildman–Crippen MR) is 140 cm³/mol. The molecule has 35 heavy (non-hydrogen) atoms. The van der Waals surface area contributed by atoms with Gasteiger partial charge in [0.05, 0.1) is 10.4 Å². The molecule has 2 aliphatic rings. The first-order valence-electron chi connectivity index (χ1n) is 11.4. The highest BCUT2D eigenvalue weighted by atomic mass is 32.2. The zero-order valence-electron chi connectivity index (χ0n) is 20.4. The van der Waals surface area contributed by atoms with E-state index in [-0.39, 0.29) is 16.0 Å². The van der Waals surface area contributed by atoms with Gasteiger partial charge in [0.1, 0.15) is 12.4 Å². The molecule has 0 atom stereocenters. The number of aryl methyl sites for hydroxylation is 1. The summed E-state index contributed by atoms with van der Waals surface area (Å²) >= 11 is 0.706. The van der Waals surface area contributed by atoms with E-state index in [1.807, 2.05) is 26.8 Å². The molecule has 2 aromatic rings. The van der Waals surface area contributed by atoms with Crippen LogP contribution in [-0.2, 0) is 9.59 Å². The molecule has 2 heterocycles. The van der Waals surface area contributed by atoms with E-state index < -0.39 is 29.4 Å². The van der Waals surface area contributed by atoms with Crippen LogP contribution in [0.3, 0.4) is 0 Å². The number of nitrogens with zero attached hydrogens (tertiary/aromatic N) is 2. The van der Waals surface area contributed by atoms with Gasteiger partial charge in [-0.25, -0.2) is 4.39 Å². The Hall–Kier alpha value is -3.39. The summed E-state index contributed by atoms with van der Waals surface area (Å²) in [5, 5.41) is 2.13. The van der Waals surface area contributed by atoms with Crippen LogP contribution < -0.4 is 10.2 Å². The Bertz CT molecular complexity index is 1300. The van der Waals surface area contributed by atoms with Crippen molar-refractivity contribution in [2.24, 2.45) is 0 Å². The highest BCUT2D eigenvalue weighted by Gasteiger charge is 2.37. The maximum atomic E-state index is 15.2. The van der Waals surface area contributed by atoms with Crippen molar-refractivity contribution in [3.05, 3.63) is 69.9 Å². The fraction of sp³-hybridized carbons (Fsp3) is 0.296. The number of fused-ring (bicyclic) bond motifs is 1. The van der Waals surface area contributed by atoms with Crippen LogP contribution in [0, 0.1) is 12.7 Å². The third kappa shape index (κ3) is 4.89. The Morgan fingerprint density at radius 2 is 1.91 bits per heavy atom. The molecular weight excluding hydrogens is 465 g/mol. The second-order valence-electron chi connectivity index (χ2n) is 9.30. The Kier molecular flexibility index (Phi) is 6.60. The van der Waals surface area contributed by atoms with Gasteiger partial charge in [0.2, 0.25) is 5.91 Å². The number of carbonyl (C=O) groups is 3. The molecule has 2 aliphatic heterocycles. The van der Waals surface area contributed by atoms with E-state index in [4.69, 9.17) is 0 Å². The van der Waals surface area contributed by atoms with Gasteiger partial charge in [-0.15, -0.1) is 0 Å². The molecule has 0 unspecified atom stereocenters. The van der Waals surface area contributed by atoms with E-state index in [0.717, 1.165) is 27.3 Å². The minimum Gasteiger partial charge on any atom is -0.363 e. The largest absolute Gasteiger partial charge is 0.363 e. The van der Waals surface area contributed by atoms with Crippen LogP contribution in [0.2, 0.25) is 0 Å². The van der Waals surface area contributed by atoms with Crippen LogP contribution in [0.4, 0.5) is 20.6 Å². The third-order valence-electron chi connectivity index (χ3n) is 6.18. The summed E-state index contributed by atoms with van der Waals surface area (Å²) in [4.78, 5) is 40.9. The zero-order valence-corrected chi connectivity index (χ0v) is 21.3. The monoisotopic (exact) mass is 493 g/mol. The highest BCUT2D eigenvalue weighted by molar-refractivity contribution is 8.18. The standard InChI is InChI=1S/C27H28FN3O3S/c1-6-31-22-13-21(28)18(11-20(22)17(3)14-27(31,4)5)12-23-25(33)30(26(34)35-23)15-24(32)29-19-9-7-8-16(2)10-19/h7-14H,6,15H2,1-5H3,(H,29,32)/b23-12+. The van der Waals surface area contributed by atoms with Gasteiger partial charge in [-0.2, -0.15) is 0 Å². The van der Waals surface area contributed by atoms with Crippen molar-refractivity contribution in [2.45, 2.75) is 40.2 Å². The summed E-state index contributed by atoms with van der Waals surface area (Å²) in [7, 11) is 0. The van der Waals surface area contributed by atoms with Crippen molar-refractivity contribution >= 4 is 51.8 Å². The van der Waals surface area contributed by atoms with Crippen molar-refractivity contribution < 1.29 is 18.8 Å². The zero-order chi connectivity index (χ0) is 25.5. The number of thioether (sulfide) groups is 1. The lowest BCUT2D eigenvalue weighted by Crippen LogP contribution is -2.45. The molecule has 0 aliphatic carbocycles. The molecule has 0 bridgehead atoms. The quantitative estimate of drug-likeness (QED) is 0.531. The summed E-state index contributed by atoms with van der Waals surface area (Å²) in [6.07, 6.45) is 3.53. The van der Waals surface area contributed by atoms with Crippen LogP contribution in [-0.4, -0.2) is 40.6 Å². The summed E-state index contributed by atoms with van der Waals surface area (Å²) in [6.45, 7) is 10.4. The molecule has 0 radical (unpaired) electrons. The van der Waals surface area contributed by atoms with Crippen LogP contribution in [0.25, 0.3) is 11.6 Å². The number of likely N-dealkylation sites (N-methyl/N-ethyl adjacent to an activating group) is 1. The van der Waals surface area contributed by atoms with Gasteiger partial charge < -0.3 is 10.2 Å². The normalized spacial score (nSPS) is 18.1. The number of amides is 3. The Morgan fingerprint density at radius 3 is 2.60 bits per heavy atom. The fourth-order valence-corrected chi connectivity index (χ4v) is 5.48. The van der Waals surface area contributed by atoms with Gasteiger partial charge >= 0.3 is 0 Å². The van der Waals surface area contributed by atoms with E-state index in [1.54, 1.807) is 24.3 Å². The number of benzene rings is 2. The Balaban J connectivity index is 1.57. The average Bonchev–Trinajstić information content (AvgIpc) is 3.02. The molecule has 1 fully saturated rings. The van der Waals surface area contributed by atoms with Gasteiger partial charge in [0.25, 0.3) is 11.1 Å². The molecule has 1 saturated heterocycles. The summed E-state index contributed by atoms with van der Waals surface area (Å²) in [5.74, 6) is -1.57. The Labute approximate surface area is 208 Å². The van der Waals surface area contributed by atoms with Crippen molar-refractivity contribution in [3.63, 3.8) is 0 Å². The van der Waals surface area contributed by atoms with E-state index in [1.165, 1.54) is 12.1 Å². The van der Waals surface area contributed by atoms with Gasteiger partial charge in [0.15, 0.2) is 0 Å². The topological polar surface area (TPSA) is 69.7 Å². The molecule has 8 heteroatoms. The molecule has 1 N–H and O–H groups in total. The minimum absolute atomic E-state index is 0.0855. The van der Waals surface area contributed by atoms with Crippen molar-refractivity contribution in [1.82, 2.24) is 4.90 Å². The maximum Gasteiger partial charge on any atom is 0.294 e. The van der Waals surface area contributed by atoms with Crippen molar-refractivity contribution in [3.8, 4) is 0 Å². The van der Waals surface area contributed by atoms with Crippen LogP contribution >= 0.6 is 11.8 Å². The van der Waals surface area contributed by atoms with E-state index in [2.05, 4.69) is 30.1 Å². The molecule has 2 aromatic carbocycles. The fourth-order valence-electron chi connectivity index (χ4n) is 4.65. The van der Waals surface area contributed by atoms with Crippen LogP contribution in [0.1, 0.15) is 44.4 Å².